The Bertz CT molecular complexity index is 278. The zero-order valence-electron chi connectivity index (χ0n) is 9.91. The molecule has 0 amide bonds. The van der Waals surface area contributed by atoms with E-state index < -0.39 is 0 Å². The molecule has 2 heteroatoms. The third-order valence-corrected chi connectivity index (χ3v) is 3.19. The Kier molecular flexibility index (Phi) is 4.84. The second-order valence-electron chi connectivity index (χ2n) is 4.46. The Morgan fingerprint density at radius 1 is 1.12 bits per heavy atom. The van der Waals surface area contributed by atoms with Crippen LogP contribution in [-0.4, -0.2) is 37.6 Å². The highest BCUT2D eigenvalue weighted by molar-refractivity contribution is 5.13. The monoisotopic (exact) mass is 217 g/mol. The molecule has 1 heterocycles. The lowest BCUT2D eigenvalue weighted by Gasteiger charge is -2.27. The summed E-state index contributed by atoms with van der Waals surface area (Å²) in [7, 11) is 0. The first-order chi connectivity index (χ1) is 7.95. The molecule has 1 radical (unpaired) electrons. The molecule has 1 aliphatic heterocycles. The van der Waals surface area contributed by atoms with Crippen molar-refractivity contribution in [1.29, 1.82) is 0 Å². The molecule has 1 fully saturated rings. The fourth-order valence-corrected chi connectivity index (χ4v) is 2.19. The Labute approximate surface area is 98.7 Å². The molecule has 2 rings (SSSR count). The molecule has 0 unspecified atom stereocenters. The highest BCUT2D eigenvalue weighted by atomic mass is 15.2. The zero-order valence-corrected chi connectivity index (χ0v) is 9.91. The van der Waals surface area contributed by atoms with Crippen LogP contribution >= 0.6 is 0 Å². The van der Waals surface area contributed by atoms with Gasteiger partial charge in [0.05, 0.1) is 0 Å². The number of aryl methyl sites for hydroxylation is 1. The van der Waals surface area contributed by atoms with Crippen molar-refractivity contribution < 1.29 is 0 Å². The van der Waals surface area contributed by atoms with Crippen molar-refractivity contribution in [2.75, 3.05) is 32.7 Å². The molecule has 87 valence electrons. The van der Waals surface area contributed by atoms with E-state index in [1.807, 2.05) is 12.1 Å². The third kappa shape index (κ3) is 3.95. The molecular weight excluding hydrogens is 196 g/mol. The van der Waals surface area contributed by atoms with E-state index in [0.29, 0.717) is 0 Å². The van der Waals surface area contributed by atoms with Gasteiger partial charge >= 0.3 is 0 Å². The second-order valence-corrected chi connectivity index (χ2v) is 4.46. The minimum absolute atomic E-state index is 1.16. The van der Waals surface area contributed by atoms with E-state index in [0.717, 1.165) is 13.1 Å². The number of hydrogen-bond donors (Lipinski definition) is 1. The van der Waals surface area contributed by atoms with Crippen LogP contribution in [0.1, 0.15) is 18.4 Å². The maximum Gasteiger partial charge on any atom is 0.0107 e. The van der Waals surface area contributed by atoms with Gasteiger partial charge in [-0.05, 0) is 37.4 Å². The summed E-state index contributed by atoms with van der Waals surface area (Å²) >= 11 is 0. The van der Waals surface area contributed by atoms with Gasteiger partial charge in [-0.15, -0.1) is 0 Å². The van der Waals surface area contributed by atoms with E-state index in [2.05, 4.69) is 28.4 Å². The SMILES string of the molecule is [c]1ccc(CCCCN2CCNCC2)cc1. The molecule has 1 aliphatic rings. The van der Waals surface area contributed by atoms with E-state index in [-0.39, 0.29) is 0 Å². The van der Waals surface area contributed by atoms with Crippen LogP contribution < -0.4 is 5.32 Å². The second kappa shape index (κ2) is 6.66. The van der Waals surface area contributed by atoms with Crippen LogP contribution in [-0.2, 0) is 6.42 Å². The number of nitrogens with zero attached hydrogens (tertiary/aromatic N) is 1. The maximum atomic E-state index is 3.39. The van der Waals surface area contributed by atoms with Gasteiger partial charge in [0, 0.05) is 26.2 Å². The topological polar surface area (TPSA) is 15.3 Å². The number of hydrogen-bond acceptors (Lipinski definition) is 2. The predicted molar refractivity (Wildman–Crippen MR) is 67.5 cm³/mol. The summed E-state index contributed by atoms with van der Waals surface area (Å²) in [4.78, 5) is 2.56. The summed E-state index contributed by atoms with van der Waals surface area (Å²) in [6.07, 6.45) is 3.83. The van der Waals surface area contributed by atoms with E-state index in [1.165, 1.54) is 44.5 Å². The molecular formula is C14H21N2. The van der Waals surface area contributed by atoms with E-state index in [1.54, 1.807) is 0 Å². The molecule has 0 bridgehead atoms. The van der Waals surface area contributed by atoms with Gasteiger partial charge in [0.1, 0.15) is 0 Å². The van der Waals surface area contributed by atoms with Gasteiger partial charge in [-0.2, -0.15) is 0 Å². The Hall–Kier alpha value is -0.860. The van der Waals surface area contributed by atoms with Gasteiger partial charge in [0.25, 0.3) is 0 Å². The van der Waals surface area contributed by atoms with E-state index in [9.17, 15) is 0 Å². The van der Waals surface area contributed by atoms with Gasteiger partial charge in [-0.1, -0.05) is 24.3 Å². The van der Waals surface area contributed by atoms with Gasteiger partial charge < -0.3 is 10.2 Å². The molecule has 0 spiro atoms. The normalized spacial score (nSPS) is 17.5. The third-order valence-electron chi connectivity index (χ3n) is 3.19. The highest BCUT2D eigenvalue weighted by Crippen LogP contribution is 2.05. The number of benzene rings is 1. The Morgan fingerprint density at radius 2 is 1.88 bits per heavy atom. The Balaban J connectivity index is 1.58. The fourth-order valence-electron chi connectivity index (χ4n) is 2.19. The summed E-state index contributed by atoms with van der Waals surface area (Å²) in [5, 5.41) is 3.39. The van der Waals surface area contributed by atoms with E-state index in [4.69, 9.17) is 0 Å². The fraction of sp³-hybridized carbons (Fsp3) is 0.571. The number of unbranched alkanes of at least 4 members (excludes halogenated alkanes) is 1. The Morgan fingerprint density at radius 3 is 2.62 bits per heavy atom. The van der Waals surface area contributed by atoms with Crippen LogP contribution in [0.4, 0.5) is 0 Å². The van der Waals surface area contributed by atoms with Crippen molar-refractivity contribution >= 4 is 0 Å². The quantitative estimate of drug-likeness (QED) is 0.755. The minimum atomic E-state index is 1.16. The molecule has 0 aromatic heterocycles. The number of nitrogens with one attached hydrogen (secondary N) is 1. The summed E-state index contributed by atoms with van der Waals surface area (Å²) < 4.78 is 0. The van der Waals surface area contributed by atoms with Crippen molar-refractivity contribution in [1.82, 2.24) is 10.2 Å². The maximum absolute atomic E-state index is 3.39. The first-order valence-corrected chi connectivity index (χ1v) is 6.33. The predicted octanol–water partition coefficient (Wildman–Crippen LogP) is 1.71. The molecule has 1 N–H and O–H groups in total. The van der Waals surface area contributed by atoms with Gasteiger partial charge in [-0.3, -0.25) is 0 Å². The summed E-state index contributed by atoms with van der Waals surface area (Å²) in [6, 6.07) is 11.4. The summed E-state index contributed by atoms with van der Waals surface area (Å²) in [5.74, 6) is 0. The van der Waals surface area contributed by atoms with Crippen LogP contribution in [0.2, 0.25) is 0 Å². The lowest BCUT2D eigenvalue weighted by atomic mass is 10.1. The first-order valence-electron chi connectivity index (χ1n) is 6.33. The van der Waals surface area contributed by atoms with Gasteiger partial charge in [0.15, 0.2) is 0 Å². The van der Waals surface area contributed by atoms with Crippen LogP contribution in [0.15, 0.2) is 24.3 Å². The number of rotatable bonds is 5. The molecule has 0 atom stereocenters. The molecule has 2 nitrogen and oxygen atoms in total. The van der Waals surface area contributed by atoms with Crippen molar-refractivity contribution in [3.05, 3.63) is 35.9 Å². The zero-order chi connectivity index (χ0) is 11.1. The summed E-state index contributed by atoms with van der Waals surface area (Å²) in [5.41, 5.74) is 1.44. The largest absolute Gasteiger partial charge is 0.314 e. The molecule has 1 aromatic rings. The minimum Gasteiger partial charge on any atom is -0.314 e. The lowest BCUT2D eigenvalue weighted by molar-refractivity contribution is 0.237. The highest BCUT2D eigenvalue weighted by Gasteiger charge is 2.07. The van der Waals surface area contributed by atoms with Crippen molar-refractivity contribution in [2.45, 2.75) is 19.3 Å². The van der Waals surface area contributed by atoms with Crippen LogP contribution in [0.5, 0.6) is 0 Å². The van der Waals surface area contributed by atoms with Crippen molar-refractivity contribution in [2.24, 2.45) is 0 Å². The molecule has 0 saturated carbocycles. The van der Waals surface area contributed by atoms with Crippen molar-refractivity contribution in [3.8, 4) is 0 Å². The molecule has 16 heavy (non-hydrogen) atoms. The van der Waals surface area contributed by atoms with Gasteiger partial charge in [-0.25, -0.2) is 0 Å². The number of piperazine rings is 1. The standard InChI is InChI=1S/C14H21N2/c1-2-6-14(7-3-1)8-4-5-11-16-12-9-15-10-13-16/h2-3,6-7,15H,4-5,8-13H2. The molecule has 1 saturated heterocycles. The van der Waals surface area contributed by atoms with Crippen LogP contribution in [0.25, 0.3) is 0 Å². The average Bonchev–Trinajstić information content (AvgIpc) is 2.37. The van der Waals surface area contributed by atoms with Gasteiger partial charge in [0.2, 0.25) is 0 Å². The average molecular weight is 217 g/mol. The molecule has 0 aliphatic carbocycles. The van der Waals surface area contributed by atoms with Crippen molar-refractivity contribution in [3.63, 3.8) is 0 Å². The first kappa shape index (κ1) is 11.6. The van der Waals surface area contributed by atoms with E-state index >= 15 is 0 Å². The molecule has 1 aromatic carbocycles. The summed E-state index contributed by atoms with van der Waals surface area (Å²) in [6.45, 7) is 6.03. The van der Waals surface area contributed by atoms with Crippen LogP contribution in [0.3, 0.4) is 0 Å². The lowest BCUT2D eigenvalue weighted by Crippen LogP contribution is -2.43. The van der Waals surface area contributed by atoms with Crippen LogP contribution in [0, 0.1) is 6.07 Å². The smallest absolute Gasteiger partial charge is 0.0107 e.